The second-order valence-corrected chi connectivity index (χ2v) is 2.92. The van der Waals surface area contributed by atoms with Crippen LogP contribution in [0.1, 0.15) is 12.0 Å². The Hall–Kier alpha value is -1.42. The van der Waals surface area contributed by atoms with Crippen molar-refractivity contribution in [3.63, 3.8) is 0 Å². The van der Waals surface area contributed by atoms with E-state index in [0.717, 1.165) is 12.1 Å². The number of ether oxygens (including phenoxy) is 1. The molecule has 0 saturated heterocycles. The van der Waals surface area contributed by atoms with Crippen molar-refractivity contribution < 1.29 is 18.6 Å². The standard InChI is InChI=1S/C11H12F2O2/c1-15-11-7-10(13)9(12)6-8(11)4-2-3-5-14/h2,4,6-7,14H,3,5H2,1H3. The molecule has 1 rings (SSSR count). The van der Waals surface area contributed by atoms with Gasteiger partial charge in [0.15, 0.2) is 11.6 Å². The van der Waals surface area contributed by atoms with E-state index in [9.17, 15) is 8.78 Å². The van der Waals surface area contributed by atoms with Crippen LogP contribution in [0, 0.1) is 11.6 Å². The Morgan fingerprint density at radius 3 is 2.60 bits per heavy atom. The van der Waals surface area contributed by atoms with E-state index in [4.69, 9.17) is 9.84 Å². The van der Waals surface area contributed by atoms with Gasteiger partial charge in [0.1, 0.15) is 5.75 Å². The lowest BCUT2D eigenvalue weighted by Crippen LogP contribution is -1.92. The highest BCUT2D eigenvalue weighted by Crippen LogP contribution is 2.23. The van der Waals surface area contributed by atoms with Crippen LogP contribution in [0.2, 0.25) is 0 Å². The Kier molecular flexibility index (Phi) is 4.24. The first kappa shape index (κ1) is 11.7. The fraction of sp³-hybridized carbons (Fsp3) is 0.273. The van der Waals surface area contributed by atoms with Gasteiger partial charge in [0.05, 0.1) is 7.11 Å². The molecule has 15 heavy (non-hydrogen) atoms. The topological polar surface area (TPSA) is 29.5 Å². The minimum Gasteiger partial charge on any atom is -0.496 e. The van der Waals surface area contributed by atoms with Crippen LogP contribution in [-0.4, -0.2) is 18.8 Å². The van der Waals surface area contributed by atoms with Gasteiger partial charge in [-0.1, -0.05) is 12.2 Å². The zero-order valence-corrected chi connectivity index (χ0v) is 8.34. The fourth-order valence-electron chi connectivity index (χ4n) is 1.14. The molecule has 1 N–H and O–H groups in total. The van der Waals surface area contributed by atoms with Crippen LogP contribution in [0.15, 0.2) is 18.2 Å². The molecule has 0 atom stereocenters. The molecule has 0 amide bonds. The van der Waals surface area contributed by atoms with Crippen LogP contribution >= 0.6 is 0 Å². The summed E-state index contributed by atoms with van der Waals surface area (Å²) < 4.78 is 30.6. The third-order valence-corrected chi connectivity index (χ3v) is 1.87. The molecule has 0 aliphatic rings. The predicted molar refractivity (Wildman–Crippen MR) is 53.6 cm³/mol. The van der Waals surface area contributed by atoms with E-state index >= 15 is 0 Å². The molecule has 0 unspecified atom stereocenters. The first-order valence-electron chi connectivity index (χ1n) is 4.49. The summed E-state index contributed by atoms with van der Waals surface area (Å²) in [7, 11) is 1.38. The van der Waals surface area contributed by atoms with Crippen molar-refractivity contribution in [2.24, 2.45) is 0 Å². The summed E-state index contributed by atoms with van der Waals surface area (Å²) in [5.74, 6) is -1.59. The molecule has 82 valence electrons. The summed E-state index contributed by atoms with van der Waals surface area (Å²) in [4.78, 5) is 0. The maximum Gasteiger partial charge on any atom is 0.162 e. The summed E-state index contributed by atoms with van der Waals surface area (Å²) in [6.45, 7) is 0.0164. The number of rotatable bonds is 4. The highest BCUT2D eigenvalue weighted by molar-refractivity contribution is 5.57. The van der Waals surface area contributed by atoms with Gasteiger partial charge in [0, 0.05) is 18.2 Å². The number of methoxy groups -OCH3 is 1. The zero-order valence-electron chi connectivity index (χ0n) is 8.34. The second-order valence-electron chi connectivity index (χ2n) is 2.92. The Bertz CT molecular complexity index is 362. The molecule has 0 spiro atoms. The number of aliphatic hydroxyl groups excluding tert-OH is 1. The van der Waals surface area contributed by atoms with Gasteiger partial charge in [-0.05, 0) is 12.5 Å². The minimum atomic E-state index is -0.939. The molecule has 2 nitrogen and oxygen atoms in total. The third kappa shape index (κ3) is 3.02. The molecule has 1 aromatic carbocycles. The van der Waals surface area contributed by atoms with E-state index in [1.54, 1.807) is 12.2 Å². The summed E-state index contributed by atoms with van der Waals surface area (Å²) in [5, 5.41) is 8.55. The van der Waals surface area contributed by atoms with Crippen LogP contribution < -0.4 is 4.74 Å². The largest absolute Gasteiger partial charge is 0.496 e. The lowest BCUT2D eigenvalue weighted by molar-refractivity contribution is 0.303. The Morgan fingerprint density at radius 2 is 2.00 bits per heavy atom. The normalized spacial score (nSPS) is 10.9. The number of benzene rings is 1. The molecule has 0 saturated carbocycles. The van der Waals surface area contributed by atoms with Gasteiger partial charge < -0.3 is 9.84 Å². The van der Waals surface area contributed by atoms with Gasteiger partial charge in [-0.15, -0.1) is 0 Å². The molecule has 0 heterocycles. The number of hydrogen-bond acceptors (Lipinski definition) is 2. The highest BCUT2D eigenvalue weighted by Gasteiger charge is 2.07. The van der Waals surface area contributed by atoms with Crippen LogP contribution in [0.5, 0.6) is 5.75 Å². The van der Waals surface area contributed by atoms with Gasteiger partial charge in [-0.2, -0.15) is 0 Å². The van der Waals surface area contributed by atoms with Gasteiger partial charge in [-0.25, -0.2) is 8.78 Å². The van der Waals surface area contributed by atoms with Crippen molar-refractivity contribution in [2.75, 3.05) is 13.7 Å². The molecular formula is C11H12F2O2. The van der Waals surface area contributed by atoms with Gasteiger partial charge in [-0.3, -0.25) is 0 Å². The second kappa shape index (κ2) is 5.46. The molecule has 0 aliphatic carbocycles. The maximum absolute atomic E-state index is 12.9. The van der Waals surface area contributed by atoms with Gasteiger partial charge >= 0.3 is 0 Å². The van der Waals surface area contributed by atoms with E-state index in [1.807, 2.05) is 0 Å². The maximum atomic E-state index is 12.9. The van der Waals surface area contributed by atoms with E-state index in [0.29, 0.717) is 12.0 Å². The van der Waals surface area contributed by atoms with Crippen molar-refractivity contribution in [2.45, 2.75) is 6.42 Å². The predicted octanol–water partition coefficient (Wildman–Crippen LogP) is 2.37. The molecule has 0 fully saturated rings. The summed E-state index contributed by atoms with van der Waals surface area (Å²) in [6.07, 6.45) is 3.70. The SMILES string of the molecule is COc1cc(F)c(F)cc1C=CCCO. The lowest BCUT2D eigenvalue weighted by Gasteiger charge is -2.05. The first-order valence-corrected chi connectivity index (χ1v) is 4.49. The van der Waals surface area contributed by atoms with Crippen LogP contribution in [0.25, 0.3) is 6.08 Å². The van der Waals surface area contributed by atoms with Crippen molar-refractivity contribution in [1.82, 2.24) is 0 Å². The molecule has 0 radical (unpaired) electrons. The average molecular weight is 214 g/mol. The molecule has 4 heteroatoms. The van der Waals surface area contributed by atoms with Crippen molar-refractivity contribution in [1.29, 1.82) is 0 Å². The Balaban J connectivity index is 2.99. The van der Waals surface area contributed by atoms with Gasteiger partial charge in [0.2, 0.25) is 0 Å². The Morgan fingerprint density at radius 1 is 1.33 bits per heavy atom. The molecular weight excluding hydrogens is 202 g/mol. The quantitative estimate of drug-likeness (QED) is 0.833. The van der Waals surface area contributed by atoms with Gasteiger partial charge in [0.25, 0.3) is 0 Å². The van der Waals surface area contributed by atoms with Crippen LogP contribution in [0.3, 0.4) is 0 Å². The fourth-order valence-corrected chi connectivity index (χ4v) is 1.14. The minimum absolute atomic E-state index is 0.0164. The monoisotopic (exact) mass is 214 g/mol. The van der Waals surface area contributed by atoms with E-state index < -0.39 is 11.6 Å². The highest BCUT2D eigenvalue weighted by atomic mass is 19.2. The molecule has 0 bridgehead atoms. The van der Waals surface area contributed by atoms with Crippen molar-refractivity contribution >= 4 is 6.08 Å². The average Bonchev–Trinajstić information content (AvgIpc) is 2.23. The lowest BCUT2D eigenvalue weighted by atomic mass is 10.1. The summed E-state index contributed by atoms with van der Waals surface area (Å²) in [6, 6.07) is 2.05. The molecule has 0 aromatic heterocycles. The number of hydrogen-bond donors (Lipinski definition) is 1. The summed E-state index contributed by atoms with van der Waals surface area (Å²) >= 11 is 0. The number of halogens is 2. The number of aliphatic hydroxyl groups is 1. The van der Waals surface area contributed by atoms with E-state index in [-0.39, 0.29) is 12.4 Å². The molecule has 0 aliphatic heterocycles. The van der Waals surface area contributed by atoms with E-state index in [1.165, 1.54) is 7.11 Å². The first-order chi connectivity index (χ1) is 7.19. The van der Waals surface area contributed by atoms with Crippen LogP contribution in [0.4, 0.5) is 8.78 Å². The summed E-state index contributed by atoms with van der Waals surface area (Å²) in [5.41, 5.74) is 0.449. The van der Waals surface area contributed by atoms with Crippen molar-refractivity contribution in [3.05, 3.63) is 35.4 Å². The smallest absolute Gasteiger partial charge is 0.162 e. The zero-order chi connectivity index (χ0) is 11.3. The molecule has 1 aromatic rings. The third-order valence-electron chi connectivity index (χ3n) is 1.87. The van der Waals surface area contributed by atoms with Crippen LogP contribution in [-0.2, 0) is 0 Å². The van der Waals surface area contributed by atoms with Crippen molar-refractivity contribution in [3.8, 4) is 5.75 Å². The Labute approximate surface area is 86.8 Å². The van der Waals surface area contributed by atoms with E-state index in [2.05, 4.69) is 0 Å².